The quantitative estimate of drug-likeness (QED) is 0.726. The van der Waals surface area contributed by atoms with Gasteiger partial charge in [0.25, 0.3) is 0 Å². The number of nitrogens with zero attached hydrogens (tertiary/aromatic N) is 2. The standard InChI is InChI=1S/C13H11ClN2O/c14-13-15-11-4-2-1-3-10(11)12(16-13)8-5-6-9(17)7-8/h1-4,8H,5-7H2/t8-/m1/s1. The van der Waals surface area contributed by atoms with Crippen molar-refractivity contribution in [2.45, 2.75) is 25.2 Å². The first-order chi connectivity index (χ1) is 8.24. The number of hydrogen-bond donors (Lipinski definition) is 0. The Kier molecular flexibility index (Phi) is 2.56. The van der Waals surface area contributed by atoms with Gasteiger partial charge in [0.15, 0.2) is 0 Å². The minimum Gasteiger partial charge on any atom is -0.300 e. The molecule has 0 saturated heterocycles. The van der Waals surface area contributed by atoms with Crippen molar-refractivity contribution in [3.63, 3.8) is 0 Å². The van der Waals surface area contributed by atoms with Crippen LogP contribution in [0.25, 0.3) is 10.9 Å². The maximum absolute atomic E-state index is 11.4. The first-order valence-corrected chi connectivity index (χ1v) is 6.06. The summed E-state index contributed by atoms with van der Waals surface area (Å²) in [6, 6.07) is 7.79. The number of hydrogen-bond acceptors (Lipinski definition) is 3. The van der Waals surface area contributed by atoms with Gasteiger partial charge in [-0.25, -0.2) is 9.97 Å². The zero-order valence-electron chi connectivity index (χ0n) is 9.19. The van der Waals surface area contributed by atoms with Crippen molar-refractivity contribution in [2.75, 3.05) is 0 Å². The lowest BCUT2D eigenvalue weighted by Gasteiger charge is -2.10. The molecule has 17 heavy (non-hydrogen) atoms. The molecule has 4 heteroatoms. The van der Waals surface area contributed by atoms with E-state index in [4.69, 9.17) is 11.6 Å². The average Bonchev–Trinajstić information content (AvgIpc) is 2.74. The van der Waals surface area contributed by atoms with Crippen molar-refractivity contribution in [1.82, 2.24) is 9.97 Å². The van der Waals surface area contributed by atoms with Crippen molar-refractivity contribution in [2.24, 2.45) is 0 Å². The van der Waals surface area contributed by atoms with Gasteiger partial charge < -0.3 is 0 Å². The number of para-hydroxylation sites is 1. The molecule has 1 aliphatic carbocycles. The summed E-state index contributed by atoms with van der Waals surface area (Å²) in [5.41, 5.74) is 1.77. The fourth-order valence-corrected chi connectivity index (χ4v) is 2.61. The van der Waals surface area contributed by atoms with Crippen LogP contribution in [0.4, 0.5) is 0 Å². The normalized spacial score (nSPS) is 20.1. The molecule has 1 saturated carbocycles. The summed E-state index contributed by atoms with van der Waals surface area (Å²) in [4.78, 5) is 19.9. The van der Waals surface area contributed by atoms with Crippen LogP contribution in [0.1, 0.15) is 30.9 Å². The third-order valence-electron chi connectivity index (χ3n) is 3.24. The van der Waals surface area contributed by atoms with Crippen LogP contribution in [0, 0.1) is 0 Å². The molecule has 0 amide bonds. The molecule has 1 atom stereocenters. The SMILES string of the molecule is O=C1CC[C@@H](c2nc(Cl)nc3ccccc23)C1. The molecule has 0 unspecified atom stereocenters. The highest BCUT2D eigenvalue weighted by Gasteiger charge is 2.26. The minimum absolute atomic E-state index is 0.202. The Morgan fingerprint density at radius 3 is 2.82 bits per heavy atom. The number of halogens is 1. The monoisotopic (exact) mass is 246 g/mol. The topological polar surface area (TPSA) is 42.9 Å². The molecule has 1 aromatic heterocycles. The largest absolute Gasteiger partial charge is 0.300 e. The van der Waals surface area contributed by atoms with Crippen LogP contribution in [0.2, 0.25) is 5.28 Å². The lowest BCUT2D eigenvalue weighted by Crippen LogP contribution is -2.01. The van der Waals surface area contributed by atoms with Gasteiger partial charge in [0.2, 0.25) is 5.28 Å². The van der Waals surface area contributed by atoms with Crippen LogP contribution in [0.5, 0.6) is 0 Å². The predicted octanol–water partition coefficient (Wildman–Crippen LogP) is 3.12. The molecule has 3 rings (SSSR count). The van der Waals surface area contributed by atoms with Crippen molar-refractivity contribution in [1.29, 1.82) is 0 Å². The van der Waals surface area contributed by atoms with Gasteiger partial charge in [-0.15, -0.1) is 0 Å². The first kappa shape index (κ1) is 10.7. The van der Waals surface area contributed by atoms with E-state index in [-0.39, 0.29) is 11.2 Å². The van der Waals surface area contributed by atoms with Crippen LogP contribution in [-0.2, 0) is 4.79 Å². The number of carbonyl (C=O) groups excluding carboxylic acids is 1. The summed E-state index contributed by atoms with van der Waals surface area (Å²) in [5, 5.41) is 1.27. The molecule has 0 aliphatic heterocycles. The molecule has 0 spiro atoms. The summed E-state index contributed by atoms with van der Waals surface area (Å²) < 4.78 is 0. The smallest absolute Gasteiger partial charge is 0.223 e. The number of fused-ring (bicyclic) bond motifs is 1. The van der Waals surface area contributed by atoms with Crippen LogP contribution in [0.3, 0.4) is 0 Å². The molecule has 0 radical (unpaired) electrons. The van der Waals surface area contributed by atoms with Gasteiger partial charge in [-0.3, -0.25) is 4.79 Å². The van der Waals surface area contributed by atoms with Crippen molar-refractivity contribution in [3.05, 3.63) is 35.2 Å². The van der Waals surface area contributed by atoms with Crippen LogP contribution >= 0.6 is 11.6 Å². The van der Waals surface area contributed by atoms with E-state index in [2.05, 4.69) is 9.97 Å². The Bertz CT molecular complexity index is 597. The molecular weight excluding hydrogens is 236 g/mol. The Hall–Kier alpha value is -1.48. The van der Waals surface area contributed by atoms with Gasteiger partial charge in [-0.05, 0) is 24.1 Å². The van der Waals surface area contributed by atoms with E-state index in [9.17, 15) is 4.79 Å². The van der Waals surface area contributed by atoms with Gasteiger partial charge >= 0.3 is 0 Å². The highest BCUT2D eigenvalue weighted by molar-refractivity contribution is 6.28. The van der Waals surface area contributed by atoms with Gasteiger partial charge in [0.1, 0.15) is 5.78 Å². The fraction of sp³-hybridized carbons (Fsp3) is 0.308. The first-order valence-electron chi connectivity index (χ1n) is 5.68. The molecule has 86 valence electrons. The highest BCUT2D eigenvalue weighted by atomic mass is 35.5. The maximum atomic E-state index is 11.4. The van der Waals surface area contributed by atoms with Crippen molar-refractivity contribution in [3.8, 4) is 0 Å². The van der Waals surface area contributed by atoms with E-state index in [0.29, 0.717) is 18.6 Å². The second-order valence-electron chi connectivity index (χ2n) is 4.37. The van der Waals surface area contributed by atoms with Crippen molar-refractivity contribution < 1.29 is 4.79 Å². The van der Waals surface area contributed by atoms with Gasteiger partial charge in [-0.1, -0.05) is 18.2 Å². The lowest BCUT2D eigenvalue weighted by atomic mass is 9.99. The minimum atomic E-state index is 0.202. The second kappa shape index (κ2) is 4.08. The third kappa shape index (κ3) is 1.91. The molecule has 3 nitrogen and oxygen atoms in total. The molecule has 0 N–H and O–H groups in total. The van der Waals surface area contributed by atoms with E-state index < -0.39 is 0 Å². The van der Waals surface area contributed by atoms with Crippen LogP contribution in [0.15, 0.2) is 24.3 Å². The van der Waals surface area contributed by atoms with E-state index in [0.717, 1.165) is 23.0 Å². The number of rotatable bonds is 1. The molecule has 1 aliphatic rings. The highest BCUT2D eigenvalue weighted by Crippen LogP contribution is 2.34. The number of Topliss-reactive ketones (excluding diaryl/α,β-unsaturated/α-hetero) is 1. The van der Waals surface area contributed by atoms with Crippen LogP contribution in [-0.4, -0.2) is 15.8 Å². The molecule has 1 aromatic carbocycles. The third-order valence-corrected chi connectivity index (χ3v) is 3.41. The van der Waals surface area contributed by atoms with Gasteiger partial charge in [0.05, 0.1) is 11.2 Å². The van der Waals surface area contributed by atoms with Crippen LogP contribution < -0.4 is 0 Å². The lowest BCUT2D eigenvalue weighted by molar-refractivity contribution is -0.117. The van der Waals surface area contributed by atoms with Crippen molar-refractivity contribution >= 4 is 28.3 Å². The summed E-state index contributed by atoms with van der Waals surface area (Å²) >= 11 is 5.93. The Morgan fingerprint density at radius 1 is 1.24 bits per heavy atom. The van der Waals surface area contributed by atoms with E-state index in [1.807, 2.05) is 24.3 Å². The maximum Gasteiger partial charge on any atom is 0.223 e. The van der Waals surface area contributed by atoms with E-state index >= 15 is 0 Å². The molecular formula is C13H11ClN2O. The second-order valence-corrected chi connectivity index (χ2v) is 4.71. The summed E-state index contributed by atoms with van der Waals surface area (Å²) in [7, 11) is 0. The van der Waals surface area contributed by atoms with E-state index in [1.54, 1.807) is 0 Å². The zero-order chi connectivity index (χ0) is 11.8. The Balaban J connectivity index is 2.17. The number of aromatic nitrogens is 2. The average molecular weight is 247 g/mol. The molecule has 1 fully saturated rings. The molecule has 1 heterocycles. The van der Waals surface area contributed by atoms with E-state index in [1.165, 1.54) is 0 Å². The number of benzene rings is 1. The van der Waals surface area contributed by atoms with Gasteiger partial charge in [-0.2, -0.15) is 0 Å². The molecule has 0 bridgehead atoms. The predicted molar refractivity (Wildman–Crippen MR) is 66.1 cm³/mol. The summed E-state index contributed by atoms with van der Waals surface area (Å²) in [5.74, 6) is 0.515. The Morgan fingerprint density at radius 2 is 2.06 bits per heavy atom. The summed E-state index contributed by atoms with van der Waals surface area (Å²) in [6.45, 7) is 0. The molecule has 2 aromatic rings. The zero-order valence-corrected chi connectivity index (χ0v) is 9.94. The number of carbonyl (C=O) groups is 1. The fourth-order valence-electron chi connectivity index (χ4n) is 2.43. The Labute approximate surface area is 104 Å². The summed E-state index contributed by atoms with van der Waals surface area (Å²) in [6.07, 6.45) is 2.11. The van der Waals surface area contributed by atoms with Gasteiger partial charge in [0, 0.05) is 24.1 Å². The number of ketones is 1.